The second-order valence-electron chi connectivity index (χ2n) is 6.69. The molecule has 0 saturated heterocycles. The first-order valence-electron chi connectivity index (χ1n) is 8.45. The number of primary amides is 1. The van der Waals surface area contributed by atoms with Crippen molar-refractivity contribution in [2.45, 2.75) is 20.4 Å². The van der Waals surface area contributed by atoms with E-state index in [1.54, 1.807) is 10.6 Å². The molecule has 4 aromatic rings. The first-order chi connectivity index (χ1) is 13.2. The number of hydrogen-bond donors (Lipinski definition) is 1. The van der Waals surface area contributed by atoms with Gasteiger partial charge in [0.25, 0.3) is 5.56 Å². The Hall–Kier alpha value is -3.33. The lowest BCUT2D eigenvalue weighted by Gasteiger charge is -2.07. The molecule has 0 radical (unpaired) electrons. The van der Waals surface area contributed by atoms with E-state index in [0.29, 0.717) is 10.8 Å². The molecule has 3 heterocycles. The van der Waals surface area contributed by atoms with Gasteiger partial charge < -0.3 is 5.73 Å². The summed E-state index contributed by atoms with van der Waals surface area (Å²) in [7, 11) is 1.49. The second-order valence-corrected chi connectivity index (χ2v) is 7.10. The molecule has 1 amide bonds. The predicted molar refractivity (Wildman–Crippen MR) is 105 cm³/mol. The summed E-state index contributed by atoms with van der Waals surface area (Å²) in [5.74, 6) is -0.321. The van der Waals surface area contributed by atoms with Gasteiger partial charge >= 0.3 is 5.69 Å². The van der Waals surface area contributed by atoms with Gasteiger partial charge in [0.15, 0.2) is 11.2 Å². The molecule has 1 aromatic carbocycles. The van der Waals surface area contributed by atoms with Gasteiger partial charge in [0, 0.05) is 24.0 Å². The Morgan fingerprint density at radius 1 is 1.25 bits per heavy atom. The maximum Gasteiger partial charge on any atom is 0.332 e. The number of hydrogen-bond acceptors (Lipinski definition) is 4. The van der Waals surface area contributed by atoms with Crippen molar-refractivity contribution >= 4 is 34.4 Å². The molecule has 28 heavy (non-hydrogen) atoms. The lowest BCUT2D eigenvalue weighted by atomic mass is 10.2. The fourth-order valence-electron chi connectivity index (χ4n) is 3.35. The van der Waals surface area contributed by atoms with Crippen molar-refractivity contribution in [3.63, 3.8) is 0 Å². The monoisotopic (exact) mass is 400 g/mol. The first-order valence-corrected chi connectivity index (χ1v) is 8.83. The summed E-state index contributed by atoms with van der Waals surface area (Å²) in [4.78, 5) is 41.2. The fraction of sp³-hybridized carbons (Fsp3) is 0.222. The van der Waals surface area contributed by atoms with Gasteiger partial charge in [0.2, 0.25) is 11.7 Å². The Balaban J connectivity index is 2.12. The van der Waals surface area contributed by atoms with Crippen molar-refractivity contribution < 1.29 is 4.79 Å². The molecular formula is C18H17ClN6O3. The van der Waals surface area contributed by atoms with Crippen LogP contribution in [0.3, 0.4) is 0 Å². The number of halogens is 1. The van der Waals surface area contributed by atoms with Crippen molar-refractivity contribution in [2.24, 2.45) is 12.8 Å². The third-order valence-electron chi connectivity index (χ3n) is 4.75. The highest BCUT2D eigenvalue weighted by Crippen LogP contribution is 2.24. The molecule has 3 aromatic heterocycles. The molecule has 9 nitrogen and oxygen atoms in total. The number of carbonyl (C=O) groups excluding carboxylic acids is 1. The summed E-state index contributed by atoms with van der Waals surface area (Å²) in [6.45, 7) is 3.28. The highest BCUT2D eigenvalue weighted by atomic mass is 35.5. The van der Waals surface area contributed by atoms with E-state index in [1.807, 2.05) is 36.6 Å². The van der Waals surface area contributed by atoms with Crippen LogP contribution in [0.25, 0.3) is 22.6 Å². The third kappa shape index (κ3) is 2.47. The average molecular weight is 401 g/mol. The van der Waals surface area contributed by atoms with Gasteiger partial charge in [-0.3, -0.25) is 23.1 Å². The Morgan fingerprint density at radius 2 is 1.96 bits per heavy atom. The third-order valence-corrected chi connectivity index (χ3v) is 5.16. The number of fused-ring (bicyclic) bond motifs is 3. The quantitative estimate of drug-likeness (QED) is 0.550. The highest BCUT2D eigenvalue weighted by molar-refractivity contribution is 6.31. The van der Waals surface area contributed by atoms with E-state index in [2.05, 4.69) is 4.98 Å². The molecule has 0 atom stereocenters. The van der Waals surface area contributed by atoms with Gasteiger partial charge in [0.1, 0.15) is 6.54 Å². The molecule has 0 unspecified atom stereocenters. The van der Waals surface area contributed by atoms with E-state index in [9.17, 15) is 14.4 Å². The maximum absolute atomic E-state index is 12.9. The van der Waals surface area contributed by atoms with Crippen molar-refractivity contribution in [3.8, 4) is 5.69 Å². The molecule has 0 aliphatic rings. The molecule has 4 rings (SSSR count). The fourth-order valence-corrected chi connectivity index (χ4v) is 3.52. The van der Waals surface area contributed by atoms with Gasteiger partial charge in [-0.1, -0.05) is 17.7 Å². The lowest BCUT2D eigenvalue weighted by Crippen LogP contribution is -2.42. The van der Waals surface area contributed by atoms with Crippen LogP contribution in [0.4, 0.5) is 0 Å². The van der Waals surface area contributed by atoms with E-state index in [0.717, 1.165) is 21.5 Å². The summed E-state index contributed by atoms with van der Waals surface area (Å²) in [6, 6.07) is 5.61. The predicted octanol–water partition coefficient (Wildman–Crippen LogP) is 0.894. The molecular weight excluding hydrogens is 384 g/mol. The minimum Gasteiger partial charge on any atom is -0.368 e. The molecule has 0 fully saturated rings. The minimum atomic E-state index is -0.776. The molecule has 0 spiro atoms. The number of carbonyl (C=O) groups is 1. The van der Waals surface area contributed by atoms with Crippen LogP contribution in [0.2, 0.25) is 5.02 Å². The van der Waals surface area contributed by atoms with Gasteiger partial charge in [-0.2, -0.15) is 4.98 Å². The van der Waals surface area contributed by atoms with E-state index in [4.69, 9.17) is 17.3 Å². The van der Waals surface area contributed by atoms with Crippen molar-refractivity contribution in [1.29, 1.82) is 0 Å². The summed E-state index contributed by atoms with van der Waals surface area (Å²) in [5.41, 5.74) is 6.86. The van der Waals surface area contributed by atoms with E-state index < -0.39 is 23.7 Å². The Morgan fingerprint density at radius 3 is 2.61 bits per heavy atom. The van der Waals surface area contributed by atoms with Gasteiger partial charge in [-0.25, -0.2) is 9.36 Å². The maximum atomic E-state index is 12.9. The van der Waals surface area contributed by atoms with Crippen LogP contribution < -0.4 is 17.0 Å². The number of nitrogens with zero attached hydrogens (tertiary/aromatic N) is 5. The van der Waals surface area contributed by atoms with Crippen molar-refractivity contribution in [3.05, 3.63) is 61.5 Å². The molecule has 0 bridgehead atoms. The molecule has 0 aliphatic carbocycles. The normalized spacial score (nSPS) is 11.6. The zero-order chi connectivity index (χ0) is 20.3. The largest absolute Gasteiger partial charge is 0.368 e. The Kier molecular flexibility index (Phi) is 3.93. The summed E-state index contributed by atoms with van der Waals surface area (Å²) in [5, 5.41) is 0.607. The molecule has 0 saturated carbocycles. The summed E-state index contributed by atoms with van der Waals surface area (Å²) >= 11 is 6.27. The standard InChI is InChI=1S/C18H17ClN6O3/c1-9-4-5-11(6-12(9)19)25-10(2)7-23-14-15(21-17(23)25)22(3)18(28)24(16(14)27)8-13(20)26/h4-7H,8H2,1-3H3,(H2,20,26). The number of amides is 1. The smallest absolute Gasteiger partial charge is 0.332 e. The van der Waals surface area contributed by atoms with E-state index in [-0.39, 0.29) is 11.2 Å². The highest BCUT2D eigenvalue weighted by Gasteiger charge is 2.21. The summed E-state index contributed by atoms with van der Waals surface area (Å²) < 4.78 is 5.49. The molecule has 0 aliphatic heterocycles. The van der Waals surface area contributed by atoms with E-state index in [1.165, 1.54) is 11.6 Å². The summed E-state index contributed by atoms with van der Waals surface area (Å²) in [6.07, 6.45) is 1.75. The van der Waals surface area contributed by atoms with Gasteiger partial charge in [-0.05, 0) is 31.5 Å². The van der Waals surface area contributed by atoms with Crippen LogP contribution >= 0.6 is 11.6 Å². The van der Waals surface area contributed by atoms with E-state index >= 15 is 0 Å². The number of imidazole rings is 2. The van der Waals surface area contributed by atoms with Gasteiger partial charge in [0.05, 0.1) is 5.69 Å². The van der Waals surface area contributed by atoms with Crippen LogP contribution in [-0.2, 0) is 18.4 Å². The Labute approximate surface area is 163 Å². The lowest BCUT2D eigenvalue weighted by molar-refractivity contribution is -0.118. The molecule has 144 valence electrons. The van der Waals surface area contributed by atoms with Crippen LogP contribution in [0.1, 0.15) is 11.3 Å². The number of nitrogens with two attached hydrogens (primary N) is 1. The Bertz CT molecular complexity index is 1410. The van der Waals surface area contributed by atoms with Crippen LogP contribution in [0.15, 0.2) is 34.0 Å². The van der Waals surface area contributed by atoms with Crippen LogP contribution in [0, 0.1) is 13.8 Å². The topological polar surface area (TPSA) is 109 Å². The number of aromatic nitrogens is 5. The van der Waals surface area contributed by atoms with Crippen molar-refractivity contribution in [1.82, 2.24) is 23.1 Å². The number of aryl methyl sites for hydroxylation is 3. The second kappa shape index (κ2) is 6.10. The zero-order valence-corrected chi connectivity index (χ0v) is 16.2. The average Bonchev–Trinajstić information content (AvgIpc) is 3.14. The first kappa shape index (κ1) is 18.1. The molecule has 10 heteroatoms. The molecule has 2 N–H and O–H groups in total. The van der Waals surface area contributed by atoms with Crippen LogP contribution in [-0.4, -0.2) is 29.0 Å². The minimum absolute atomic E-state index is 0.193. The number of benzene rings is 1. The van der Waals surface area contributed by atoms with Crippen LogP contribution in [0.5, 0.6) is 0 Å². The number of rotatable bonds is 3. The van der Waals surface area contributed by atoms with Gasteiger partial charge in [-0.15, -0.1) is 0 Å². The SMILES string of the molecule is Cc1ccc(-n2c(C)cn3c4c(=O)n(CC(N)=O)c(=O)n(C)c4nc23)cc1Cl. The van der Waals surface area contributed by atoms with Crippen molar-refractivity contribution in [2.75, 3.05) is 0 Å². The zero-order valence-electron chi connectivity index (χ0n) is 15.4.